The van der Waals surface area contributed by atoms with Gasteiger partial charge in [0.15, 0.2) is 0 Å². The zero-order chi connectivity index (χ0) is 12.4. The largest absolute Gasteiger partial charge is 0.496 e. The lowest BCUT2D eigenvalue weighted by molar-refractivity contribution is 0.416. The lowest BCUT2D eigenvalue weighted by atomic mass is 10.0. The van der Waals surface area contributed by atoms with Crippen LogP contribution in [0.3, 0.4) is 0 Å². The molecular formula is C14H16N2O. The highest BCUT2D eigenvalue weighted by Gasteiger charge is 2.09. The standard InChI is InChI=1S/C14H16N2O/c1-9-3-5-12(14(7-9)17-2)11-6-4-10(15)8-13(11)16/h3-8H,15-16H2,1-2H3. The fraction of sp³-hybridized carbons (Fsp3) is 0.143. The predicted molar refractivity (Wildman–Crippen MR) is 72.0 cm³/mol. The van der Waals surface area contributed by atoms with Crippen molar-refractivity contribution < 1.29 is 4.74 Å². The highest BCUT2D eigenvalue weighted by Crippen LogP contribution is 2.35. The van der Waals surface area contributed by atoms with Crippen molar-refractivity contribution in [3.8, 4) is 16.9 Å². The van der Waals surface area contributed by atoms with Gasteiger partial charge in [-0.25, -0.2) is 0 Å². The maximum absolute atomic E-state index is 5.98. The molecule has 4 N–H and O–H groups in total. The van der Waals surface area contributed by atoms with Gasteiger partial charge in [0.25, 0.3) is 0 Å². The molecule has 2 aromatic rings. The molecule has 3 nitrogen and oxygen atoms in total. The minimum Gasteiger partial charge on any atom is -0.496 e. The van der Waals surface area contributed by atoms with Crippen LogP contribution < -0.4 is 16.2 Å². The monoisotopic (exact) mass is 228 g/mol. The Balaban J connectivity index is 2.60. The fourth-order valence-corrected chi connectivity index (χ4v) is 1.85. The van der Waals surface area contributed by atoms with Crippen LogP contribution in [0.2, 0.25) is 0 Å². The van der Waals surface area contributed by atoms with E-state index < -0.39 is 0 Å². The Hall–Kier alpha value is -2.16. The lowest BCUT2D eigenvalue weighted by Gasteiger charge is -2.12. The molecule has 0 unspecified atom stereocenters. The molecule has 0 aliphatic heterocycles. The molecule has 0 saturated carbocycles. The minimum absolute atomic E-state index is 0.659. The van der Waals surface area contributed by atoms with Gasteiger partial charge in [-0.3, -0.25) is 0 Å². The molecule has 0 aromatic heterocycles. The highest BCUT2D eigenvalue weighted by atomic mass is 16.5. The average molecular weight is 228 g/mol. The van der Waals surface area contributed by atoms with E-state index in [0.29, 0.717) is 11.4 Å². The summed E-state index contributed by atoms with van der Waals surface area (Å²) in [5, 5.41) is 0. The Bertz CT molecular complexity index is 550. The Kier molecular flexibility index (Phi) is 2.91. The number of nitrogens with two attached hydrogens (primary N) is 2. The molecule has 0 heterocycles. The smallest absolute Gasteiger partial charge is 0.127 e. The SMILES string of the molecule is COc1cc(C)ccc1-c1ccc(N)cc1N. The molecule has 0 bridgehead atoms. The van der Waals surface area contributed by atoms with E-state index in [2.05, 4.69) is 0 Å². The van der Waals surface area contributed by atoms with Gasteiger partial charge in [0.2, 0.25) is 0 Å². The molecule has 0 atom stereocenters. The molecule has 0 radical (unpaired) electrons. The third-order valence-corrected chi connectivity index (χ3v) is 2.72. The van der Waals surface area contributed by atoms with Crippen molar-refractivity contribution in [1.29, 1.82) is 0 Å². The van der Waals surface area contributed by atoms with Crippen molar-refractivity contribution in [2.45, 2.75) is 6.92 Å². The second-order valence-corrected chi connectivity index (χ2v) is 4.05. The average Bonchev–Trinajstić information content (AvgIpc) is 2.30. The van der Waals surface area contributed by atoms with Gasteiger partial charge in [0.1, 0.15) is 5.75 Å². The summed E-state index contributed by atoms with van der Waals surface area (Å²) < 4.78 is 5.38. The third kappa shape index (κ3) is 2.18. The third-order valence-electron chi connectivity index (χ3n) is 2.72. The summed E-state index contributed by atoms with van der Waals surface area (Å²) in [7, 11) is 1.66. The van der Waals surface area contributed by atoms with Crippen LogP contribution in [0, 0.1) is 6.92 Å². The van der Waals surface area contributed by atoms with Crippen LogP contribution in [0.15, 0.2) is 36.4 Å². The van der Waals surface area contributed by atoms with Crippen molar-refractivity contribution >= 4 is 11.4 Å². The minimum atomic E-state index is 0.659. The van der Waals surface area contributed by atoms with E-state index >= 15 is 0 Å². The molecule has 0 spiro atoms. The van der Waals surface area contributed by atoms with Crippen LogP contribution in [0.5, 0.6) is 5.75 Å². The van der Waals surface area contributed by atoms with Gasteiger partial charge >= 0.3 is 0 Å². The van der Waals surface area contributed by atoms with E-state index in [1.807, 2.05) is 37.3 Å². The quantitative estimate of drug-likeness (QED) is 0.777. The van der Waals surface area contributed by atoms with E-state index in [9.17, 15) is 0 Å². The number of benzene rings is 2. The van der Waals surface area contributed by atoms with Gasteiger partial charge in [-0.05, 0) is 30.7 Å². The summed E-state index contributed by atoms with van der Waals surface area (Å²) in [4.78, 5) is 0. The molecule has 0 amide bonds. The maximum Gasteiger partial charge on any atom is 0.127 e. The summed E-state index contributed by atoms with van der Waals surface area (Å²) in [6, 6.07) is 11.5. The summed E-state index contributed by atoms with van der Waals surface area (Å²) in [5.74, 6) is 0.821. The Morgan fingerprint density at radius 3 is 2.29 bits per heavy atom. The summed E-state index contributed by atoms with van der Waals surface area (Å²) in [5.41, 5.74) is 16.1. The molecule has 0 aliphatic rings. The van der Waals surface area contributed by atoms with Gasteiger partial charge in [0.05, 0.1) is 7.11 Å². The van der Waals surface area contributed by atoms with Crippen LogP contribution in [0.1, 0.15) is 5.56 Å². The molecule has 88 valence electrons. The number of hydrogen-bond acceptors (Lipinski definition) is 3. The van der Waals surface area contributed by atoms with Gasteiger partial charge in [0, 0.05) is 22.5 Å². The van der Waals surface area contributed by atoms with Crippen molar-refractivity contribution in [2.24, 2.45) is 0 Å². The van der Waals surface area contributed by atoms with Crippen LogP contribution in [0.25, 0.3) is 11.1 Å². The molecular weight excluding hydrogens is 212 g/mol. The van der Waals surface area contributed by atoms with E-state index in [-0.39, 0.29) is 0 Å². The van der Waals surface area contributed by atoms with Gasteiger partial charge in [-0.1, -0.05) is 18.2 Å². The number of anilines is 2. The van der Waals surface area contributed by atoms with Gasteiger partial charge in [-0.15, -0.1) is 0 Å². The number of hydrogen-bond donors (Lipinski definition) is 2. The molecule has 0 aliphatic carbocycles. The number of ether oxygens (including phenoxy) is 1. The number of nitrogen functional groups attached to an aromatic ring is 2. The van der Waals surface area contributed by atoms with Crippen molar-refractivity contribution in [3.63, 3.8) is 0 Å². The molecule has 0 fully saturated rings. The first-order chi connectivity index (χ1) is 8.11. The number of methoxy groups -OCH3 is 1. The summed E-state index contributed by atoms with van der Waals surface area (Å²) >= 11 is 0. The Labute approximate surface area is 101 Å². The normalized spacial score (nSPS) is 10.2. The fourth-order valence-electron chi connectivity index (χ4n) is 1.85. The zero-order valence-corrected chi connectivity index (χ0v) is 10.0. The number of rotatable bonds is 2. The summed E-state index contributed by atoms with van der Waals surface area (Å²) in [6.45, 7) is 2.03. The maximum atomic E-state index is 5.98. The second-order valence-electron chi connectivity index (χ2n) is 4.05. The Morgan fingerprint density at radius 2 is 1.65 bits per heavy atom. The Morgan fingerprint density at radius 1 is 0.941 bits per heavy atom. The van der Waals surface area contributed by atoms with Crippen molar-refractivity contribution in [3.05, 3.63) is 42.0 Å². The van der Waals surface area contributed by atoms with Gasteiger partial charge in [-0.2, -0.15) is 0 Å². The van der Waals surface area contributed by atoms with Gasteiger partial charge < -0.3 is 16.2 Å². The van der Waals surface area contributed by atoms with E-state index in [0.717, 1.165) is 22.4 Å². The second kappa shape index (κ2) is 4.37. The molecule has 2 aromatic carbocycles. The van der Waals surface area contributed by atoms with Crippen LogP contribution in [-0.4, -0.2) is 7.11 Å². The predicted octanol–water partition coefficient (Wildman–Crippen LogP) is 2.84. The first-order valence-corrected chi connectivity index (χ1v) is 5.42. The molecule has 0 saturated heterocycles. The highest BCUT2D eigenvalue weighted by molar-refractivity contribution is 5.82. The first kappa shape index (κ1) is 11.3. The van der Waals surface area contributed by atoms with Crippen molar-refractivity contribution in [2.75, 3.05) is 18.6 Å². The van der Waals surface area contributed by atoms with E-state index in [1.165, 1.54) is 0 Å². The lowest BCUT2D eigenvalue weighted by Crippen LogP contribution is -1.95. The topological polar surface area (TPSA) is 61.3 Å². The molecule has 17 heavy (non-hydrogen) atoms. The zero-order valence-electron chi connectivity index (χ0n) is 10.0. The van der Waals surface area contributed by atoms with Crippen LogP contribution in [0.4, 0.5) is 11.4 Å². The van der Waals surface area contributed by atoms with E-state index in [4.69, 9.17) is 16.2 Å². The first-order valence-electron chi connectivity index (χ1n) is 5.42. The van der Waals surface area contributed by atoms with E-state index in [1.54, 1.807) is 13.2 Å². The van der Waals surface area contributed by atoms with Crippen molar-refractivity contribution in [1.82, 2.24) is 0 Å². The van der Waals surface area contributed by atoms with Crippen LogP contribution >= 0.6 is 0 Å². The summed E-state index contributed by atoms with van der Waals surface area (Å²) in [6.07, 6.45) is 0. The number of aryl methyl sites for hydroxylation is 1. The molecule has 3 heteroatoms. The molecule has 2 rings (SSSR count). The van der Waals surface area contributed by atoms with Crippen LogP contribution in [-0.2, 0) is 0 Å².